The molecule has 1 aliphatic rings. The van der Waals surface area contributed by atoms with Gasteiger partial charge in [-0.05, 0) is 23.8 Å². The van der Waals surface area contributed by atoms with Crippen LogP contribution in [0.1, 0.15) is 11.1 Å². The number of carbonyl (C=O) groups is 1. The number of rotatable bonds is 4. The predicted octanol–water partition coefficient (Wildman–Crippen LogP) is 3.03. The number of nitrogens with zero attached hydrogens (tertiary/aromatic N) is 3. The van der Waals surface area contributed by atoms with Gasteiger partial charge in [0.1, 0.15) is 11.8 Å². The number of carbonyl (C=O) groups excluding carboxylic acids is 1. The third-order valence-corrected chi connectivity index (χ3v) is 4.31. The Hall–Kier alpha value is -3.04. The summed E-state index contributed by atoms with van der Waals surface area (Å²) in [7, 11) is 1.52. The van der Waals surface area contributed by atoms with Crippen molar-refractivity contribution < 1.29 is 14.3 Å². The molecule has 6 nitrogen and oxygen atoms in total. The van der Waals surface area contributed by atoms with Crippen molar-refractivity contribution in [1.82, 2.24) is 4.90 Å². The van der Waals surface area contributed by atoms with Crippen LogP contribution in [0.15, 0.2) is 48.5 Å². The van der Waals surface area contributed by atoms with Gasteiger partial charge in [-0.1, -0.05) is 30.3 Å². The molecule has 3 rings (SSSR count). The number of methoxy groups -OCH3 is 1. The van der Waals surface area contributed by atoms with Gasteiger partial charge in [0.25, 0.3) is 0 Å². The molecule has 0 spiro atoms. The third kappa shape index (κ3) is 3.95. The van der Waals surface area contributed by atoms with Crippen LogP contribution in [0.2, 0.25) is 0 Å². The van der Waals surface area contributed by atoms with E-state index in [9.17, 15) is 10.1 Å². The van der Waals surface area contributed by atoms with Crippen LogP contribution >= 0.6 is 0 Å². The summed E-state index contributed by atoms with van der Waals surface area (Å²) in [6.45, 7) is 2.62. The Morgan fingerprint density at radius 1 is 1.23 bits per heavy atom. The predicted molar refractivity (Wildman–Crippen MR) is 98.1 cm³/mol. The van der Waals surface area contributed by atoms with E-state index in [1.54, 1.807) is 28.0 Å². The minimum Gasteiger partial charge on any atom is -0.495 e. The molecule has 2 amide bonds. The zero-order valence-electron chi connectivity index (χ0n) is 14.7. The van der Waals surface area contributed by atoms with Crippen molar-refractivity contribution in [2.24, 2.45) is 0 Å². The molecule has 0 unspecified atom stereocenters. The molecule has 1 fully saturated rings. The Kier molecular flexibility index (Phi) is 5.72. The van der Waals surface area contributed by atoms with Gasteiger partial charge in [0.05, 0.1) is 32.4 Å². The van der Waals surface area contributed by atoms with Crippen LogP contribution in [0, 0.1) is 11.3 Å². The van der Waals surface area contributed by atoms with Crippen LogP contribution in [0.3, 0.4) is 0 Å². The molecule has 6 heteroatoms. The highest BCUT2D eigenvalue weighted by atomic mass is 16.5. The molecule has 0 atom stereocenters. The summed E-state index contributed by atoms with van der Waals surface area (Å²) in [4.78, 5) is 16.6. The highest BCUT2D eigenvalue weighted by molar-refractivity contribution is 5.92. The van der Waals surface area contributed by atoms with Gasteiger partial charge in [-0.2, -0.15) is 5.26 Å². The monoisotopic (exact) mass is 351 g/mol. The molecule has 1 saturated heterocycles. The zero-order valence-corrected chi connectivity index (χ0v) is 14.7. The Balaban J connectivity index is 1.94. The summed E-state index contributed by atoms with van der Waals surface area (Å²) >= 11 is 0. The number of hydrogen-bond acceptors (Lipinski definition) is 4. The largest absolute Gasteiger partial charge is 0.495 e. The van der Waals surface area contributed by atoms with Crippen LogP contribution in [-0.4, -0.2) is 44.3 Å². The van der Waals surface area contributed by atoms with Gasteiger partial charge >= 0.3 is 6.03 Å². The number of urea groups is 1. The molecule has 0 saturated carbocycles. The van der Waals surface area contributed by atoms with Crippen molar-refractivity contribution in [3.63, 3.8) is 0 Å². The van der Waals surface area contributed by atoms with Crippen molar-refractivity contribution in [3.05, 3.63) is 59.7 Å². The van der Waals surface area contributed by atoms with Crippen molar-refractivity contribution in [2.45, 2.75) is 6.54 Å². The Morgan fingerprint density at radius 2 is 1.96 bits per heavy atom. The van der Waals surface area contributed by atoms with Gasteiger partial charge < -0.3 is 14.4 Å². The van der Waals surface area contributed by atoms with Gasteiger partial charge in [-0.15, -0.1) is 0 Å². The van der Waals surface area contributed by atoms with Crippen LogP contribution < -0.4 is 9.64 Å². The normalized spacial score (nSPS) is 13.8. The summed E-state index contributed by atoms with van der Waals surface area (Å²) in [6.07, 6.45) is 0. The van der Waals surface area contributed by atoms with Gasteiger partial charge in [0.2, 0.25) is 0 Å². The summed E-state index contributed by atoms with van der Waals surface area (Å²) in [5.41, 5.74) is 2.09. The molecule has 0 aromatic heterocycles. The zero-order chi connectivity index (χ0) is 18.4. The molecule has 2 aromatic rings. The molecule has 134 valence electrons. The Morgan fingerprint density at radius 3 is 2.62 bits per heavy atom. The van der Waals surface area contributed by atoms with E-state index in [4.69, 9.17) is 9.47 Å². The van der Waals surface area contributed by atoms with E-state index in [2.05, 4.69) is 6.07 Å². The molecule has 0 N–H and O–H groups in total. The molecule has 0 aliphatic carbocycles. The first-order chi connectivity index (χ1) is 12.7. The third-order valence-electron chi connectivity index (χ3n) is 4.31. The van der Waals surface area contributed by atoms with Crippen LogP contribution in [0.4, 0.5) is 10.5 Å². The first-order valence-corrected chi connectivity index (χ1v) is 8.49. The fourth-order valence-corrected chi connectivity index (χ4v) is 2.91. The lowest BCUT2D eigenvalue weighted by Crippen LogP contribution is -2.48. The van der Waals surface area contributed by atoms with Crippen molar-refractivity contribution in [1.29, 1.82) is 5.26 Å². The van der Waals surface area contributed by atoms with Gasteiger partial charge in [0, 0.05) is 18.8 Å². The van der Waals surface area contributed by atoms with Crippen LogP contribution in [0.25, 0.3) is 0 Å². The lowest BCUT2D eigenvalue weighted by atomic mass is 10.1. The quantitative estimate of drug-likeness (QED) is 0.849. The smallest absolute Gasteiger partial charge is 0.324 e. The summed E-state index contributed by atoms with van der Waals surface area (Å²) in [6, 6.07) is 17.1. The summed E-state index contributed by atoms with van der Waals surface area (Å²) in [5.74, 6) is 0.495. The standard InChI is InChI=1S/C20H21N3O3/c1-25-19-8-7-18(13-17(19)14-21)23(15-16-5-3-2-4-6-16)20(24)22-9-11-26-12-10-22/h2-8,13H,9-12,15H2,1H3. The summed E-state index contributed by atoms with van der Waals surface area (Å²) in [5, 5.41) is 9.37. The number of ether oxygens (including phenoxy) is 2. The average molecular weight is 351 g/mol. The molecule has 1 aliphatic heterocycles. The number of amides is 2. The highest BCUT2D eigenvalue weighted by Gasteiger charge is 2.25. The van der Waals surface area contributed by atoms with Crippen LogP contribution in [0.5, 0.6) is 5.75 Å². The van der Waals surface area contributed by atoms with E-state index in [1.165, 1.54) is 7.11 Å². The van der Waals surface area contributed by atoms with Crippen molar-refractivity contribution >= 4 is 11.7 Å². The molecule has 2 aromatic carbocycles. The number of nitriles is 1. The van der Waals surface area contributed by atoms with Gasteiger partial charge in [-0.3, -0.25) is 4.90 Å². The Bertz CT molecular complexity index is 796. The fraction of sp³-hybridized carbons (Fsp3) is 0.300. The number of morpholine rings is 1. The van der Waals surface area contributed by atoms with E-state index in [0.29, 0.717) is 49.8 Å². The van der Waals surface area contributed by atoms with Crippen LogP contribution in [-0.2, 0) is 11.3 Å². The van der Waals surface area contributed by atoms with Gasteiger partial charge in [0.15, 0.2) is 0 Å². The van der Waals surface area contributed by atoms with Gasteiger partial charge in [-0.25, -0.2) is 4.79 Å². The second-order valence-electron chi connectivity index (χ2n) is 5.95. The van der Waals surface area contributed by atoms with Crippen molar-refractivity contribution in [3.8, 4) is 11.8 Å². The maximum Gasteiger partial charge on any atom is 0.324 e. The first-order valence-electron chi connectivity index (χ1n) is 8.49. The fourth-order valence-electron chi connectivity index (χ4n) is 2.91. The van der Waals surface area contributed by atoms with Crippen molar-refractivity contribution in [2.75, 3.05) is 38.3 Å². The average Bonchev–Trinajstić information content (AvgIpc) is 2.72. The SMILES string of the molecule is COc1ccc(N(Cc2ccccc2)C(=O)N2CCOCC2)cc1C#N. The van der Waals surface area contributed by atoms with E-state index < -0.39 is 0 Å². The molecule has 0 bridgehead atoms. The minimum atomic E-state index is -0.0915. The first kappa shape index (κ1) is 17.8. The Labute approximate surface area is 153 Å². The van der Waals surface area contributed by atoms with E-state index in [1.807, 2.05) is 30.3 Å². The second-order valence-corrected chi connectivity index (χ2v) is 5.95. The molecule has 1 heterocycles. The lowest BCUT2D eigenvalue weighted by molar-refractivity contribution is 0.0548. The lowest BCUT2D eigenvalue weighted by Gasteiger charge is -2.33. The number of hydrogen-bond donors (Lipinski definition) is 0. The second kappa shape index (κ2) is 8.37. The molecular formula is C20H21N3O3. The molecular weight excluding hydrogens is 330 g/mol. The number of anilines is 1. The van der Waals surface area contributed by atoms with E-state index in [-0.39, 0.29) is 6.03 Å². The maximum atomic E-state index is 13.1. The highest BCUT2D eigenvalue weighted by Crippen LogP contribution is 2.26. The molecule has 0 radical (unpaired) electrons. The van der Waals surface area contributed by atoms with E-state index in [0.717, 1.165) is 5.56 Å². The molecule has 26 heavy (non-hydrogen) atoms. The summed E-state index contributed by atoms with van der Waals surface area (Å²) < 4.78 is 10.6. The van der Waals surface area contributed by atoms with E-state index >= 15 is 0 Å². The minimum absolute atomic E-state index is 0.0915. The maximum absolute atomic E-state index is 13.1. The number of benzene rings is 2. The topological polar surface area (TPSA) is 65.8 Å².